The van der Waals surface area contributed by atoms with Gasteiger partial charge in [-0.3, -0.25) is 4.79 Å². The minimum Gasteiger partial charge on any atom is -0.348 e. The van der Waals surface area contributed by atoms with Crippen LogP contribution in [-0.2, 0) is 4.79 Å². The molecule has 18 heavy (non-hydrogen) atoms. The normalized spacial score (nSPS) is 19.5. The SMILES string of the molecule is C[C@@H](NC(=O)C1(N)CCCC1)c1ccc(Br)cc1. The van der Waals surface area contributed by atoms with E-state index in [0.29, 0.717) is 0 Å². The third kappa shape index (κ3) is 2.93. The van der Waals surface area contributed by atoms with E-state index in [0.717, 1.165) is 35.7 Å². The summed E-state index contributed by atoms with van der Waals surface area (Å²) < 4.78 is 1.04. The number of halogens is 1. The molecule has 1 aliphatic carbocycles. The largest absolute Gasteiger partial charge is 0.348 e. The van der Waals surface area contributed by atoms with Crippen molar-refractivity contribution in [3.8, 4) is 0 Å². The van der Waals surface area contributed by atoms with E-state index in [1.54, 1.807) is 0 Å². The Balaban J connectivity index is 2.00. The molecule has 3 N–H and O–H groups in total. The van der Waals surface area contributed by atoms with E-state index in [9.17, 15) is 4.79 Å². The Bertz CT molecular complexity index is 424. The number of carbonyl (C=O) groups is 1. The van der Waals surface area contributed by atoms with E-state index in [2.05, 4.69) is 21.2 Å². The summed E-state index contributed by atoms with van der Waals surface area (Å²) in [5, 5.41) is 3.02. The summed E-state index contributed by atoms with van der Waals surface area (Å²) in [6.45, 7) is 1.99. The molecule has 4 heteroatoms. The van der Waals surface area contributed by atoms with E-state index in [1.165, 1.54) is 0 Å². The average molecular weight is 311 g/mol. The van der Waals surface area contributed by atoms with Crippen LogP contribution in [-0.4, -0.2) is 11.4 Å². The van der Waals surface area contributed by atoms with Crippen LogP contribution >= 0.6 is 15.9 Å². The van der Waals surface area contributed by atoms with Gasteiger partial charge in [-0.1, -0.05) is 40.9 Å². The lowest BCUT2D eigenvalue weighted by atomic mass is 9.97. The van der Waals surface area contributed by atoms with E-state index in [4.69, 9.17) is 5.73 Å². The van der Waals surface area contributed by atoms with Gasteiger partial charge in [-0.2, -0.15) is 0 Å². The molecule has 1 atom stereocenters. The van der Waals surface area contributed by atoms with Gasteiger partial charge in [-0.05, 0) is 37.5 Å². The van der Waals surface area contributed by atoms with Crippen molar-refractivity contribution < 1.29 is 4.79 Å². The molecule has 0 bridgehead atoms. The van der Waals surface area contributed by atoms with Crippen LogP contribution < -0.4 is 11.1 Å². The first-order chi connectivity index (χ1) is 8.51. The molecular weight excluding hydrogens is 292 g/mol. The fourth-order valence-electron chi connectivity index (χ4n) is 2.41. The summed E-state index contributed by atoms with van der Waals surface area (Å²) in [6.07, 6.45) is 3.70. The maximum Gasteiger partial charge on any atom is 0.240 e. The first kappa shape index (κ1) is 13.6. The number of carbonyl (C=O) groups excluding carboxylic acids is 1. The first-order valence-electron chi connectivity index (χ1n) is 6.36. The van der Waals surface area contributed by atoms with E-state index in [-0.39, 0.29) is 11.9 Å². The fraction of sp³-hybridized carbons (Fsp3) is 0.500. The number of rotatable bonds is 3. The second-order valence-electron chi connectivity index (χ2n) is 5.11. The summed E-state index contributed by atoms with van der Waals surface area (Å²) in [5.74, 6) is -0.0181. The smallest absolute Gasteiger partial charge is 0.240 e. The lowest BCUT2D eigenvalue weighted by Crippen LogP contribution is -2.52. The highest BCUT2D eigenvalue weighted by Gasteiger charge is 2.37. The Labute approximate surface area is 116 Å². The molecule has 2 rings (SSSR count). The first-order valence-corrected chi connectivity index (χ1v) is 7.16. The van der Waals surface area contributed by atoms with Crippen LogP contribution in [0.2, 0.25) is 0 Å². The lowest BCUT2D eigenvalue weighted by molar-refractivity contribution is -0.126. The second-order valence-corrected chi connectivity index (χ2v) is 6.03. The predicted molar refractivity (Wildman–Crippen MR) is 76.1 cm³/mol. The van der Waals surface area contributed by atoms with E-state index in [1.807, 2.05) is 31.2 Å². The topological polar surface area (TPSA) is 55.1 Å². The second kappa shape index (κ2) is 5.41. The fourth-order valence-corrected chi connectivity index (χ4v) is 2.67. The van der Waals surface area contributed by atoms with Gasteiger partial charge in [0.15, 0.2) is 0 Å². The molecule has 1 amide bonds. The third-order valence-electron chi connectivity index (χ3n) is 3.67. The Morgan fingerprint density at radius 1 is 1.33 bits per heavy atom. The Morgan fingerprint density at radius 3 is 2.44 bits per heavy atom. The lowest BCUT2D eigenvalue weighted by Gasteiger charge is -2.25. The number of hydrogen-bond donors (Lipinski definition) is 2. The molecule has 1 aromatic carbocycles. The van der Waals surface area contributed by atoms with Gasteiger partial charge in [0.2, 0.25) is 5.91 Å². The van der Waals surface area contributed by atoms with Crippen LogP contribution in [0.4, 0.5) is 0 Å². The van der Waals surface area contributed by atoms with Crippen molar-refractivity contribution in [1.29, 1.82) is 0 Å². The van der Waals surface area contributed by atoms with Gasteiger partial charge in [0.25, 0.3) is 0 Å². The van der Waals surface area contributed by atoms with Crippen LogP contribution in [0.15, 0.2) is 28.7 Å². The number of nitrogens with one attached hydrogen (secondary N) is 1. The molecule has 1 aliphatic rings. The molecule has 0 unspecified atom stereocenters. The minimum absolute atomic E-state index is 0.00775. The van der Waals surface area contributed by atoms with Gasteiger partial charge in [0.05, 0.1) is 11.6 Å². The molecule has 1 aromatic rings. The quantitative estimate of drug-likeness (QED) is 0.902. The number of nitrogens with two attached hydrogens (primary N) is 1. The monoisotopic (exact) mass is 310 g/mol. The highest BCUT2D eigenvalue weighted by atomic mass is 79.9. The minimum atomic E-state index is -0.649. The highest BCUT2D eigenvalue weighted by molar-refractivity contribution is 9.10. The Morgan fingerprint density at radius 2 is 1.89 bits per heavy atom. The summed E-state index contributed by atoms with van der Waals surface area (Å²) in [4.78, 5) is 12.2. The van der Waals surface area contributed by atoms with Crippen LogP contribution in [0.3, 0.4) is 0 Å². The van der Waals surface area contributed by atoms with Gasteiger partial charge in [-0.25, -0.2) is 0 Å². The standard InChI is InChI=1S/C14H19BrN2O/c1-10(11-4-6-12(15)7-5-11)17-13(18)14(16)8-2-3-9-14/h4-7,10H,2-3,8-9,16H2,1H3,(H,17,18)/t10-/m1/s1. The molecule has 0 heterocycles. The molecule has 0 radical (unpaired) electrons. The van der Waals surface area contributed by atoms with Gasteiger partial charge < -0.3 is 11.1 Å². The molecule has 0 aliphatic heterocycles. The zero-order chi connectivity index (χ0) is 13.2. The maximum atomic E-state index is 12.2. The zero-order valence-corrected chi connectivity index (χ0v) is 12.2. The molecule has 0 saturated heterocycles. The van der Waals surface area contributed by atoms with E-state index < -0.39 is 5.54 Å². The van der Waals surface area contributed by atoms with Gasteiger partial charge in [0, 0.05) is 4.47 Å². The number of amides is 1. The number of benzene rings is 1. The average Bonchev–Trinajstić information content (AvgIpc) is 2.78. The van der Waals surface area contributed by atoms with Crippen LogP contribution in [0.5, 0.6) is 0 Å². The summed E-state index contributed by atoms with van der Waals surface area (Å²) in [7, 11) is 0. The van der Waals surface area contributed by atoms with Gasteiger partial charge in [-0.15, -0.1) is 0 Å². The van der Waals surface area contributed by atoms with Gasteiger partial charge >= 0.3 is 0 Å². The summed E-state index contributed by atoms with van der Waals surface area (Å²) in [5.41, 5.74) is 6.58. The van der Waals surface area contributed by atoms with Crippen molar-refractivity contribution in [2.45, 2.75) is 44.2 Å². The Hall–Kier alpha value is -0.870. The van der Waals surface area contributed by atoms with Crippen molar-refractivity contribution in [2.75, 3.05) is 0 Å². The summed E-state index contributed by atoms with van der Waals surface area (Å²) >= 11 is 3.40. The van der Waals surface area contributed by atoms with E-state index >= 15 is 0 Å². The molecule has 0 aromatic heterocycles. The highest BCUT2D eigenvalue weighted by Crippen LogP contribution is 2.28. The van der Waals surface area contributed by atoms with Crippen molar-refractivity contribution in [1.82, 2.24) is 5.32 Å². The van der Waals surface area contributed by atoms with Crippen molar-refractivity contribution in [2.24, 2.45) is 5.73 Å². The third-order valence-corrected chi connectivity index (χ3v) is 4.19. The Kier molecular flexibility index (Phi) is 4.07. The van der Waals surface area contributed by atoms with Gasteiger partial charge in [0.1, 0.15) is 0 Å². The maximum absolute atomic E-state index is 12.2. The molecular formula is C14H19BrN2O. The van der Waals surface area contributed by atoms with Crippen LogP contribution in [0.1, 0.15) is 44.2 Å². The molecule has 1 fully saturated rings. The molecule has 98 valence electrons. The van der Waals surface area contributed by atoms with Crippen LogP contribution in [0, 0.1) is 0 Å². The summed E-state index contributed by atoms with van der Waals surface area (Å²) in [6, 6.07) is 7.96. The molecule has 1 saturated carbocycles. The molecule has 0 spiro atoms. The number of hydrogen-bond acceptors (Lipinski definition) is 2. The zero-order valence-electron chi connectivity index (χ0n) is 10.6. The van der Waals surface area contributed by atoms with Crippen molar-refractivity contribution in [3.63, 3.8) is 0 Å². The molecule has 3 nitrogen and oxygen atoms in total. The van der Waals surface area contributed by atoms with Crippen molar-refractivity contribution in [3.05, 3.63) is 34.3 Å². The predicted octanol–water partition coefficient (Wildman–Crippen LogP) is 2.90. The van der Waals surface area contributed by atoms with Crippen LogP contribution in [0.25, 0.3) is 0 Å². The van der Waals surface area contributed by atoms with Crippen molar-refractivity contribution >= 4 is 21.8 Å².